The van der Waals surface area contributed by atoms with Crippen LogP contribution in [-0.4, -0.2) is 0 Å². The Bertz CT molecular complexity index is 785. The number of hydrogen-bond acceptors (Lipinski definition) is 1. The molecule has 106 valence electrons. The fourth-order valence-corrected chi connectivity index (χ4v) is 2.94. The van der Waals surface area contributed by atoms with Gasteiger partial charge in [0.05, 0.1) is 10.7 Å². The molecule has 3 heteroatoms. The summed E-state index contributed by atoms with van der Waals surface area (Å²) >= 11 is 9.72. The molecule has 0 amide bonds. The topological polar surface area (TPSA) is 12.0 Å². The summed E-state index contributed by atoms with van der Waals surface area (Å²) in [5, 5.41) is 6.71. The van der Waals surface area contributed by atoms with E-state index in [2.05, 4.69) is 70.6 Å². The minimum atomic E-state index is 0.182. The molecule has 0 fully saturated rings. The van der Waals surface area contributed by atoms with Gasteiger partial charge in [-0.25, -0.2) is 0 Å². The van der Waals surface area contributed by atoms with E-state index in [1.54, 1.807) is 0 Å². The first-order chi connectivity index (χ1) is 10.1. The van der Waals surface area contributed by atoms with Gasteiger partial charge in [0, 0.05) is 10.5 Å². The van der Waals surface area contributed by atoms with E-state index in [9.17, 15) is 0 Å². The summed E-state index contributed by atoms with van der Waals surface area (Å²) in [5.41, 5.74) is 2.18. The molecule has 1 N–H and O–H groups in total. The lowest BCUT2D eigenvalue weighted by molar-refractivity contribution is 0.887. The molecule has 3 aromatic rings. The van der Waals surface area contributed by atoms with E-state index in [0.29, 0.717) is 0 Å². The summed E-state index contributed by atoms with van der Waals surface area (Å²) in [4.78, 5) is 0. The monoisotopic (exact) mass is 359 g/mol. The van der Waals surface area contributed by atoms with Gasteiger partial charge in [0.1, 0.15) is 0 Å². The highest BCUT2D eigenvalue weighted by atomic mass is 79.9. The first-order valence-corrected chi connectivity index (χ1v) is 8.01. The van der Waals surface area contributed by atoms with Crippen molar-refractivity contribution in [2.45, 2.75) is 13.0 Å². The number of benzene rings is 3. The SMILES string of the molecule is CC(Nc1cc(Br)ccc1Cl)c1ccc2ccccc2c1. The lowest BCUT2D eigenvalue weighted by Gasteiger charge is -2.17. The van der Waals surface area contributed by atoms with Gasteiger partial charge in [-0.2, -0.15) is 0 Å². The Morgan fingerprint density at radius 3 is 2.52 bits per heavy atom. The molecular weight excluding hydrogens is 346 g/mol. The molecule has 0 saturated heterocycles. The summed E-state index contributed by atoms with van der Waals surface area (Å²) in [7, 11) is 0. The van der Waals surface area contributed by atoms with Crippen LogP contribution < -0.4 is 5.32 Å². The largest absolute Gasteiger partial charge is 0.377 e. The molecule has 1 nitrogen and oxygen atoms in total. The minimum Gasteiger partial charge on any atom is -0.377 e. The van der Waals surface area contributed by atoms with Gasteiger partial charge < -0.3 is 5.32 Å². The second-order valence-electron chi connectivity index (χ2n) is 5.10. The number of fused-ring (bicyclic) bond motifs is 1. The summed E-state index contributed by atoms with van der Waals surface area (Å²) < 4.78 is 1.01. The van der Waals surface area contributed by atoms with E-state index < -0.39 is 0 Å². The molecule has 0 bridgehead atoms. The zero-order chi connectivity index (χ0) is 14.8. The van der Waals surface area contributed by atoms with Crippen molar-refractivity contribution in [1.82, 2.24) is 0 Å². The second-order valence-corrected chi connectivity index (χ2v) is 6.42. The molecule has 0 radical (unpaired) electrons. The third-order valence-electron chi connectivity index (χ3n) is 3.57. The van der Waals surface area contributed by atoms with Crippen LogP contribution in [-0.2, 0) is 0 Å². The van der Waals surface area contributed by atoms with Crippen LogP contribution in [0.3, 0.4) is 0 Å². The molecule has 0 saturated carbocycles. The molecule has 1 atom stereocenters. The van der Waals surface area contributed by atoms with Crippen LogP contribution in [0.1, 0.15) is 18.5 Å². The van der Waals surface area contributed by atoms with Gasteiger partial charge in [0.2, 0.25) is 0 Å². The van der Waals surface area contributed by atoms with E-state index in [1.807, 2.05) is 18.2 Å². The Morgan fingerprint density at radius 2 is 1.71 bits per heavy atom. The third-order valence-corrected chi connectivity index (χ3v) is 4.40. The molecule has 1 unspecified atom stereocenters. The summed E-state index contributed by atoms with van der Waals surface area (Å²) in [6.45, 7) is 2.14. The van der Waals surface area contributed by atoms with Crippen molar-refractivity contribution >= 4 is 44.0 Å². The Kier molecular flexibility index (Phi) is 4.18. The number of rotatable bonds is 3. The Balaban J connectivity index is 1.89. The van der Waals surface area contributed by atoms with E-state index >= 15 is 0 Å². The highest BCUT2D eigenvalue weighted by Crippen LogP contribution is 2.30. The maximum atomic E-state index is 6.24. The smallest absolute Gasteiger partial charge is 0.0638 e. The van der Waals surface area contributed by atoms with Crippen LogP contribution in [0.25, 0.3) is 10.8 Å². The van der Waals surface area contributed by atoms with Crippen LogP contribution in [0, 0.1) is 0 Å². The average Bonchev–Trinajstić information content (AvgIpc) is 2.50. The summed E-state index contributed by atoms with van der Waals surface area (Å²) in [6.07, 6.45) is 0. The van der Waals surface area contributed by atoms with E-state index in [-0.39, 0.29) is 6.04 Å². The summed E-state index contributed by atoms with van der Waals surface area (Å²) in [5.74, 6) is 0. The quantitative estimate of drug-likeness (QED) is 0.567. The van der Waals surface area contributed by atoms with Gasteiger partial charge in [0.15, 0.2) is 0 Å². The number of halogens is 2. The molecule has 0 aliphatic rings. The van der Waals surface area contributed by atoms with Crippen LogP contribution in [0.5, 0.6) is 0 Å². The van der Waals surface area contributed by atoms with Crippen molar-refractivity contribution in [3.05, 3.63) is 75.7 Å². The fraction of sp³-hybridized carbons (Fsp3) is 0.111. The van der Waals surface area contributed by atoms with E-state index in [0.717, 1.165) is 15.2 Å². The molecule has 0 aromatic heterocycles. The van der Waals surface area contributed by atoms with Crippen LogP contribution >= 0.6 is 27.5 Å². The zero-order valence-corrected chi connectivity index (χ0v) is 13.9. The van der Waals surface area contributed by atoms with Gasteiger partial charge in [-0.15, -0.1) is 0 Å². The highest BCUT2D eigenvalue weighted by molar-refractivity contribution is 9.10. The van der Waals surface area contributed by atoms with Crippen LogP contribution in [0.4, 0.5) is 5.69 Å². The average molecular weight is 361 g/mol. The lowest BCUT2D eigenvalue weighted by Crippen LogP contribution is -2.06. The van der Waals surface area contributed by atoms with Crippen molar-refractivity contribution < 1.29 is 0 Å². The zero-order valence-electron chi connectivity index (χ0n) is 11.6. The maximum absolute atomic E-state index is 6.24. The number of nitrogens with one attached hydrogen (secondary N) is 1. The van der Waals surface area contributed by atoms with Gasteiger partial charge in [0.25, 0.3) is 0 Å². The summed E-state index contributed by atoms with van der Waals surface area (Å²) in [6, 6.07) is 20.9. The predicted molar refractivity (Wildman–Crippen MR) is 95.1 cm³/mol. The first-order valence-electron chi connectivity index (χ1n) is 6.84. The van der Waals surface area contributed by atoms with Crippen molar-refractivity contribution in [3.63, 3.8) is 0 Å². The molecule has 0 aliphatic heterocycles. The Hall–Kier alpha value is -1.51. The molecular formula is C18H15BrClN. The molecule has 3 aromatic carbocycles. The lowest BCUT2D eigenvalue weighted by atomic mass is 10.0. The highest BCUT2D eigenvalue weighted by Gasteiger charge is 2.09. The minimum absolute atomic E-state index is 0.182. The van der Waals surface area contributed by atoms with Gasteiger partial charge >= 0.3 is 0 Å². The third kappa shape index (κ3) is 3.22. The Morgan fingerprint density at radius 1 is 0.952 bits per heavy atom. The van der Waals surface area contributed by atoms with Gasteiger partial charge in [-0.05, 0) is 47.5 Å². The molecule has 21 heavy (non-hydrogen) atoms. The molecule has 0 aliphatic carbocycles. The van der Waals surface area contributed by atoms with Crippen LogP contribution in [0.15, 0.2) is 65.1 Å². The van der Waals surface area contributed by atoms with Crippen molar-refractivity contribution in [2.75, 3.05) is 5.32 Å². The van der Waals surface area contributed by atoms with E-state index in [1.165, 1.54) is 16.3 Å². The molecule has 0 spiro atoms. The molecule has 3 rings (SSSR count). The molecule has 0 heterocycles. The normalized spacial score (nSPS) is 12.3. The Labute approximate surface area is 138 Å². The standard InChI is InChI=1S/C18H15BrClN/c1-12(21-18-11-16(19)8-9-17(18)20)14-7-6-13-4-2-3-5-15(13)10-14/h2-12,21H,1H3. The van der Waals surface area contributed by atoms with Crippen molar-refractivity contribution in [3.8, 4) is 0 Å². The maximum Gasteiger partial charge on any atom is 0.0638 e. The number of hydrogen-bond donors (Lipinski definition) is 1. The second kappa shape index (κ2) is 6.08. The van der Waals surface area contributed by atoms with E-state index in [4.69, 9.17) is 11.6 Å². The van der Waals surface area contributed by atoms with Crippen molar-refractivity contribution in [1.29, 1.82) is 0 Å². The first kappa shape index (κ1) is 14.4. The predicted octanol–water partition coefficient (Wildman–Crippen LogP) is 6.43. The fourth-order valence-electron chi connectivity index (χ4n) is 2.40. The van der Waals surface area contributed by atoms with Crippen LogP contribution in [0.2, 0.25) is 5.02 Å². The van der Waals surface area contributed by atoms with Crippen molar-refractivity contribution in [2.24, 2.45) is 0 Å². The van der Waals surface area contributed by atoms with Gasteiger partial charge in [-0.1, -0.05) is 63.9 Å². The van der Waals surface area contributed by atoms with Gasteiger partial charge in [-0.3, -0.25) is 0 Å². The number of anilines is 1.